The van der Waals surface area contributed by atoms with Crippen molar-refractivity contribution in [3.8, 4) is 0 Å². The van der Waals surface area contributed by atoms with Crippen LogP contribution in [-0.2, 0) is 17.0 Å². The van der Waals surface area contributed by atoms with E-state index in [1.807, 2.05) is 0 Å². The van der Waals surface area contributed by atoms with Gasteiger partial charge in [-0.05, 0) is 44.0 Å². The van der Waals surface area contributed by atoms with Gasteiger partial charge in [-0.2, -0.15) is 13.2 Å². The molecule has 0 aromatic heterocycles. The van der Waals surface area contributed by atoms with Crippen LogP contribution in [0.4, 0.5) is 13.2 Å². The molecule has 1 aromatic carbocycles. The minimum absolute atomic E-state index is 0.251. The molecule has 0 bridgehead atoms. The van der Waals surface area contributed by atoms with Crippen molar-refractivity contribution in [1.82, 2.24) is 5.32 Å². The van der Waals surface area contributed by atoms with Crippen LogP contribution >= 0.6 is 0 Å². The third-order valence-corrected chi connectivity index (χ3v) is 4.38. The molecule has 1 aromatic rings. The highest BCUT2D eigenvalue weighted by Gasteiger charge is 2.30. The van der Waals surface area contributed by atoms with Crippen molar-refractivity contribution >= 4 is 10.8 Å². The average Bonchev–Trinajstić information content (AvgIpc) is 3.17. The minimum atomic E-state index is -4.38. The molecule has 1 fully saturated rings. The molecule has 0 heterocycles. The molecular formula is C13H16F3NOS. The van der Waals surface area contributed by atoms with E-state index in [9.17, 15) is 17.4 Å². The summed E-state index contributed by atoms with van der Waals surface area (Å²) in [6.07, 6.45) is -1.29. The molecule has 1 atom stereocenters. The predicted molar refractivity (Wildman–Crippen MR) is 68.4 cm³/mol. The van der Waals surface area contributed by atoms with E-state index in [0.29, 0.717) is 18.2 Å². The zero-order valence-electron chi connectivity index (χ0n) is 10.4. The molecule has 1 aliphatic rings. The molecule has 1 saturated carbocycles. The summed E-state index contributed by atoms with van der Waals surface area (Å²) in [4.78, 5) is 0.251. The summed E-state index contributed by atoms with van der Waals surface area (Å²) >= 11 is 0. The predicted octanol–water partition coefficient (Wildman–Crippen LogP) is 2.96. The van der Waals surface area contributed by atoms with E-state index in [4.69, 9.17) is 0 Å². The highest BCUT2D eigenvalue weighted by atomic mass is 32.2. The summed E-state index contributed by atoms with van der Waals surface area (Å²) in [5.74, 6) is 0.390. The Hall–Kier alpha value is -0.880. The molecule has 0 spiro atoms. The lowest BCUT2D eigenvalue weighted by atomic mass is 10.2. The first kappa shape index (κ1) is 14.5. The lowest BCUT2D eigenvalue weighted by Crippen LogP contribution is -2.19. The summed E-state index contributed by atoms with van der Waals surface area (Å²) in [5.41, 5.74) is -0.741. The largest absolute Gasteiger partial charge is 0.416 e. The van der Waals surface area contributed by atoms with Crippen molar-refractivity contribution in [2.24, 2.45) is 0 Å². The Morgan fingerprint density at radius 3 is 2.68 bits per heavy atom. The van der Waals surface area contributed by atoms with Gasteiger partial charge in [0.2, 0.25) is 0 Å². The van der Waals surface area contributed by atoms with Crippen LogP contribution in [0.25, 0.3) is 0 Å². The number of benzene rings is 1. The first-order chi connectivity index (χ1) is 8.97. The van der Waals surface area contributed by atoms with E-state index in [1.165, 1.54) is 25.0 Å². The Labute approximate surface area is 112 Å². The van der Waals surface area contributed by atoms with Crippen LogP contribution in [0, 0.1) is 0 Å². The molecule has 0 saturated heterocycles. The summed E-state index contributed by atoms with van der Waals surface area (Å²) < 4.78 is 49.5. The van der Waals surface area contributed by atoms with Crippen molar-refractivity contribution in [1.29, 1.82) is 0 Å². The van der Waals surface area contributed by atoms with Gasteiger partial charge < -0.3 is 5.32 Å². The number of alkyl halides is 3. The Morgan fingerprint density at radius 2 is 2.05 bits per heavy atom. The van der Waals surface area contributed by atoms with Gasteiger partial charge in [-0.15, -0.1) is 0 Å². The van der Waals surface area contributed by atoms with Crippen LogP contribution in [0.5, 0.6) is 0 Å². The fourth-order valence-corrected chi connectivity index (χ4v) is 2.86. The molecule has 106 valence electrons. The topological polar surface area (TPSA) is 29.1 Å². The summed E-state index contributed by atoms with van der Waals surface area (Å²) in [5, 5.41) is 3.28. The van der Waals surface area contributed by atoms with Crippen LogP contribution in [0.3, 0.4) is 0 Å². The van der Waals surface area contributed by atoms with Gasteiger partial charge in [0.25, 0.3) is 0 Å². The van der Waals surface area contributed by atoms with Crippen LogP contribution < -0.4 is 5.32 Å². The fourth-order valence-electron chi connectivity index (χ4n) is 1.73. The molecule has 2 nitrogen and oxygen atoms in total. The monoisotopic (exact) mass is 291 g/mol. The molecule has 0 aliphatic heterocycles. The SMILES string of the molecule is O=S(CCCNC1CC1)c1cccc(C(F)(F)F)c1. The van der Waals surface area contributed by atoms with Gasteiger partial charge >= 0.3 is 6.18 Å². The standard InChI is InChI=1S/C13H16F3NOS/c14-13(15,16)10-3-1-4-12(9-10)19(18)8-2-7-17-11-5-6-11/h1,3-4,9,11,17H,2,5-8H2. The van der Waals surface area contributed by atoms with Crippen molar-refractivity contribution in [2.75, 3.05) is 12.3 Å². The summed E-state index contributed by atoms with van der Waals surface area (Å²) in [6.45, 7) is 0.773. The van der Waals surface area contributed by atoms with Crippen molar-refractivity contribution < 1.29 is 17.4 Å². The summed E-state index contributed by atoms with van der Waals surface area (Å²) in [7, 11) is -1.36. The van der Waals surface area contributed by atoms with E-state index in [0.717, 1.165) is 18.7 Å². The molecule has 2 rings (SSSR count). The van der Waals surface area contributed by atoms with Crippen LogP contribution in [0.15, 0.2) is 29.2 Å². The van der Waals surface area contributed by atoms with Gasteiger partial charge in [-0.1, -0.05) is 6.07 Å². The lowest BCUT2D eigenvalue weighted by molar-refractivity contribution is -0.137. The Bertz CT molecular complexity index is 457. The fraction of sp³-hybridized carbons (Fsp3) is 0.538. The number of rotatable bonds is 6. The second-order valence-corrected chi connectivity index (χ2v) is 6.23. The van der Waals surface area contributed by atoms with Crippen LogP contribution in [0.2, 0.25) is 0 Å². The van der Waals surface area contributed by atoms with Crippen LogP contribution in [0.1, 0.15) is 24.8 Å². The van der Waals surface area contributed by atoms with Gasteiger partial charge in [0.1, 0.15) is 0 Å². The molecule has 1 N–H and O–H groups in total. The zero-order chi connectivity index (χ0) is 13.9. The lowest BCUT2D eigenvalue weighted by Gasteiger charge is -2.08. The first-order valence-electron chi connectivity index (χ1n) is 6.26. The van der Waals surface area contributed by atoms with E-state index in [1.54, 1.807) is 0 Å². The zero-order valence-corrected chi connectivity index (χ0v) is 11.2. The molecule has 1 aliphatic carbocycles. The van der Waals surface area contributed by atoms with Crippen molar-refractivity contribution in [2.45, 2.75) is 36.4 Å². The smallest absolute Gasteiger partial charge is 0.314 e. The maximum atomic E-state index is 12.5. The molecule has 1 unspecified atom stereocenters. The van der Waals surface area contributed by atoms with Crippen molar-refractivity contribution in [3.63, 3.8) is 0 Å². The van der Waals surface area contributed by atoms with E-state index in [2.05, 4.69) is 5.32 Å². The third-order valence-electron chi connectivity index (χ3n) is 2.94. The normalized spacial score (nSPS) is 17.4. The minimum Gasteiger partial charge on any atom is -0.314 e. The number of halogens is 3. The Kier molecular flexibility index (Phi) is 4.62. The van der Waals surface area contributed by atoms with Gasteiger partial charge in [0, 0.05) is 16.7 Å². The highest BCUT2D eigenvalue weighted by Crippen LogP contribution is 2.30. The number of hydrogen-bond acceptors (Lipinski definition) is 2. The third kappa shape index (κ3) is 4.62. The first-order valence-corrected chi connectivity index (χ1v) is 7.58. The maximum absolute atomic E-state index is 12.5. The Balaban J connectivity index is 1.87. The second-order valence-electron chi connectivity index (χ2n) is 4.66. The van der Waals surface area contributed by atoms with E-state index >= 15 is 0 Å². The van der Waals surface area contributed by atoms with E-state index < -0.39 is 22.5 Å². The van der Waals surface area contributed by atoms with Crippen LogP contribution in [-0.4, -0.2) is 22.5 Å². The molecule has 6 heteroatoms. The number of hydrogen-bond donors (Lipinski definition) is 1. The van der Waals surface area contributed by atoms with Gasteiger partial charge in [0.15, 0.2) is 0 Å². The highest BCUT2D eigenvalue weighted by molar-refractivity contribution is 7.85. The Morgan fingerprint density at radius 1 is 1.32 bits per heavy atom. The maximum Gasteiger partial charge on any atom is 0.416 e. The summed E-state index contributed by atoms with van der Waals surface area (Å²) in [6, 6.07) is 5.36. The molecule has 19 heavy (non-hydrogen) atoms. The molecule has 0 amide bonds. The van der Waals surface area contributed by atoms with Gasteiger partial charge in [0.05, 0.1) is 16.4 Å². The average molecular weight is 291 g/mol. The second kappa shape index (κ2) is 6.05. The van der Waals surface area contributed by atoms with E-state index in [-0.39, 0.29) is 4.90 Å². The molecule has 0 radical (unpaired) electrons. The van der Waals surface area contributed by atoms with Gasteiger partial charge in [-0.3, -0.25) is 4.21 Å². The van der Waals surface area contributed by atoms with Gasteiger partial charge in [-0.25, -0.2) is 0 Å². The van der Waals surface area contributed by atoms with Crippen molar-refractivity contribution in [3.05, 3.63) is 29.8 Å². The molecular weight excluding hydrogens is 275 g/mol. The quantitative estimate of drug-likeness (QED) is 0.816. The number of nitrogens with one attached hydrogen (secondary N) is 1.